The van der Waals surface area contributed by atoms with E-state index in [1.54, 1.807) is 44.2 Å². The second-order valence-electron chi connectivity index (χ2n) is 18.5. The van der Waals surface area contributed by atoms with Gasteiger partial charge in [-0.1, -0.05) is 68.4 Å². The highest BCUT2D eigenvalue weighted by atomic mass is 16.4. The molecular formula is C51H70N10O15. The molecule has 18 N–H and O–H groups in total. The number of aliphatic hydroxyl groups is 1. The summed E-state index contributed by atoms with van der Waals surface area (Å²) in [7, 11) is 0. The van der Waals surface area contributed by atoms with Crippen molar-refractivity contribution in [1.82, 2.24) is 37.2 Å². The van der Waals surface area contributed by atoms with Crippen molar-refractivity contribution in [2.24, 2.45) is 23.1 Å². The number of primary amides is 1. The van der Waals surface area contributed by atoms with Crippen molar-refractivity contribution in [2.75, 3.05) is 13.2 Å². The van der Waals surface area contributed by atoms with Gasteiger partial charge in [0.25, 0.3) is 0 Å². The summed E-state index contributed by atoms with van der Waals surface area (Å²) in [6.45, 7) is 2.80. The molecule has 0 unspecified atom stereocenters. The van der Waals surface area contributed by atoms with Crippen LogP contribution in [0.4, 0.5) is 0 Å². The summed E-state index contributed by atoms with van der Waals surface area (Å²) in [6, 6.07) is 6.79. The fourth-order valence-corrected chi connectivity index (χ4v) is 7.59. The lowest BCUT2D eigenvalue weighted by atomic mass is 10.0. The first kappa shape index (κ1) is 62.1. The van der Waals surface area contributed by atoms with Crippen LogP contribution < -0.4 is 54.4 Å². The predicted octanol–water partition coefficient (Wildman–Crippen LogP) is -2.16. The number of hydrogen-bond acceptors (Lipinski definition) is 15. The van der Waals surface area contributed by atoms with Crippen molar-refractivity contribution in [3.63, 3.8) is 0 Å². The third-order valence-electron chi connectivity index (χ3n) is 11.7. The van der Waals surface area contributed by atoms with E-state index in [-0.39, 0.29) is 68.9 Å². The minimum Gasteiger partial charge on any atom is -0.508 e. The van der Waals surface area contributed by atoms with Crippen LogP contribution in [0.25, 0.3) is 0 Å². The molecule has 0 aromatic heterocycles. The van der Waals surface area contributed by atoms with Gasteiger partial charge in [-0.25, -0.2) is 4.79 Å². The number of hydrogen-bond donors (Lipinski definition) is 15. The van der Waals surface area contributed by atoms with E-state index >= 15 is 0 Å². The van der Waals surface area contributed by atoms with Crippen LogP contribution in [0.2, 0.25) is 0 Å². The van der Waals surface area contributed by atoms with Crippen LogP contribution in [0.15, 0.2) is 78.9 Å². The Morgan fingerprint density at radius 2 is 0.895 bits per heavy atom. The van der Waals surface area contributed by atoms with Crippen molar-refractivity contribution in [2.45, 2.75) is 126 Å². The van der Waals surface area contributed by atoms with Gasteiger partial charge in [-0.3, -0.25) is 43.2 Å². The smallest absolute Gasteiger partial charge is 0.326 e. The Balaban J connectivity index is 2.00. The summed E-state index contributed by atoms with van der Waals surface area (Å²) in [6.07, 6.45) is -1.51. The fourth-order valence-electron chi connectivity index (χ4n) is 7.59. The maximum Gasteiger partial charge on any atom is 0.326 e. The topological polar surface area (TPSA) is 434 Å². The molecule has 3 aromatic rings. The van der Waals surface area contributed by atoms with E-state index in [0.717, 1.165) is 0 Å². The minimum atomic E-state index is -1.97. The number of benzene rings is 3. The zero-order valence-electron chi connectivity index (χ0n) is 42.2. The molecule has 0 saturated carbocycles. The lowest BCUT2D eigenvalue weighted by Crippen LogP contribution is -2.61. The van der Waals surface area contributed by atoms with Gasteiger partial charge in [0.15, 0.2) is 0 Å². The van der Waals surface area contributed by atoms with Crippen LogP contribution in [0, 0.1) is 5.92 Å². The van der Waals surface area contributed by atoms with Gasteiger partial charge in [0.2, 0.25) is 47.3 Å². The summed E-state index contributed by atoms with van der Waals surface area (Å²) in [5, 5.41) is 66.9. The van der Waals surface area contributed by atoms with E-state index in [1.807, 2.05) is 0 Å². The Kier molecular flexibility index (Phi) is 25.8. The molecule has 25 heteroatoms. The number of aromatic hydroxyl groups is 2. The molecule has 0 aliphatic carbocycles. The second-order valence-corrected chi connectivity index (χ2v) is 18.5. The standard InChI is InChI=1S/C51H70N10O15/c1-28(2)22-40(51(75)76)60-45(69)35(10-6-7-21-52)55-46(70)36(23-29-8-4-3-5-9-29)56-47(71)37(24-30-11-15-32(63)16-12-30)57-49(73)39(26-43(66)67)59-48(72)38(25-31-13-17-33(64)18-14-31)58-50(74)41(27-62)61-44(68)34(53)19-20-42(54)65/h3-5,8-9,11-18,28,34-41,62-64H,6-7,10,19-27,52-53H2,1-2H3,(H2,54,65)(H,55,70)(H,56,71)(H,57,73)(H,58,74)(H,59,72)(H,60,69)(H,61,68)(H,66,67)(H,75,76)/t34-,35-,36-,37-,38-,39-,40-,41-/m0/s1. The molecule has 76 heavy (non-hydrogen) atoms. The van der Waals surface area contributed by atoms with Crippen LogP contribution in [0.5, 0.6) is 11.5 Å². The summed E-state index contributed by atoms with van der Waals surface area (Å²) >= 11 is 0. The Morgan fingerprint density at radius 3 is 1.32 bits per heavy atom. The normalized spacial score (nSPS) is 14.2. The fraction of sp³-hybridized carbons (Fsp3) is 0.451. The molecule has 0 fully saturated rings. The van der Waals surface area contributed by atoms with Crippen LogP contribution in [0.1, 0.15) is 75.5 Å². The van der Waals surface area contributed by atoms with E-state index in [4.69, 9.17) is 17.2 Å². The van der Waals surface area contributed by atoms with Gasteiger partial charge >= 0.3 is 11.9 Å². The number of unbranched alkanes of at least 4 members (excludes halogenated alkanes) is 1. The van der Waals surface area contributed by atoms with Gasteiger partial charge in [-0.05, 0) is 85.5 Å². The second kappa shape index (κ2) is 31.5. The maximum absolute atomic E-state index is 14.5. The van der Waals surface area contributed by atoms with E-state index in [2.05, 4.69) is 37.2 Å². The van der Waals surface area contributed by atoms with Crippen LogP contribution in [-0.4, -0.2) is 146 Å². The number of nitrogens with two attached hydrogens (primary N) is 3. The largest absolute Gasteiger partial charge is 0.508 e. The molecule has 8 amide bonds. The Hall–Kier alpha value is -8.16. The maximum atomic E-state index is 14.5. The summed E-state index contributed by atoms with van der Waals surface area (Å²) in [5.41, 5.74) is 17.9. The molecule has 3 aromatic carbocycles. The average molecular weight is 1060 g/mol. The van der Waals surface area contributed by atoms with E-state index in [0.29, 0.717) is 29.5 Å². The van der Waals surface area contributed by atoms with Crippen molar-refractivity contribution < 1.29 is 73.5 Å². The molecule has 0 heterocycles. The zero-order valence-corrected chi connectivity index (χ0v) is 42.2. The van der Waals surface area contributed by atoms with Crippen LogP contribution in [-0.2, 0) is 67.2 Å². The average Bonchev–Trinajstić information content (AvgIpc) is 3.36. The number of rotatable bonds is 33. The molecule has 0 aliphatic rings. The van der Waals surface area contributed by atoms with Gasteiger partial charge in [0.1, 0.15) is 53.8 Å². The highest BCUT2D eigenvalue weighted by Gasteiger charge is 2.35. The number of amides is 8. The van der Waals surface area contributed by atoms with Gasteiger partial charge in [-0.2, -0.15) is 0 Å². The predicted molar refractivity (Wildman–Crippen MR) is 273 cm³/mol. The van der Waals surface area contributed by atoms with Crippen molar-refractivity contribution in [3.05, 3.63) is 95.6 Å². The Bertz CT molecular complexity index is 2440. The number of carboxylic acid groups (broad SMARTS) is 2. The first-order valence-corrected chi connectivity index (χ1v) is 24.5. The number of nitrogens with one attached hydrogen (secondary N) is 7. The highest BCUT2D eigenvalue weighted by molar-refractivity contribution is 5.98. The zero-order chi connectivity index (χ0) is 56.5. The van der Waals surface area contributed by atoms with E-state index < -0.39 is 121 Å². The molecule has 414 valence electrons. The number of carbonyl (C=O) groups excluding carboxylic acids is 8. The Morgan fingerprint density at radius 1 is 0.500 bits per heavy atom. The summed E-state index contributed by atoms with van der Waals surface area (Å²) in [4.78, 5) is 133. The molecule has 0 spiro atoms. The number of aliphatic hydroxyl groups excluding tert-OH is 1. The van der Waals surface area contributed by atoms with Gasteiger partial charge in [0, 0.05) is 25.7 Å². The molecule has 0 aliphatic heterocycles. The molecule has 0 saturated heterocycles. The van der Waals surface area contributed by atoms with Gasteiger partial charge < -0.3 is 80.0 Å². The van der Waals surface area contributed by atoms with Gasteiger partial charge in [-0.15, -0.1) is 0 Å². The highest BCUT2D eigenvalue weighted by Crippen LogP contribution is 2.15. The van der Waals surface area contributed by atoms with E-state index in [9.17, 15) is 73.5 Å². The molecule has 0 bridgehead atoms. The minimum absolute atomic E-state index is 0.0391. The SMILES string of the molecule is CC(C)C[C@H](NC(=O)[C@H](CCCCN)NC(=O)[C@H](Cc1ccccc1)NC(=O)[C@H](Cc1ccc(O)cc1)NC(=O)[C@H](CC(=O)O)NC(=O)[C@H](Cc1ccc(O)cc1)NC(=O)[C@H](CO)NC(=O)[C@@H](N)CCC(N)=O)C(=O)O. The molecular weight excluding hydrogens is 993 g/mol. The number of phenolic OH excluding ortho intramolecular Hbond substituents is 2. The number of aliphatic carboxylic acids is 2. The molecule has 8 atom stereocenters. The lowest BCUT2D eigenvalue weighted by Gasteiger charge is -2.28. The molecule has 0 radical (unpaired) electrons. The number of carboxylic acids is 2. The first-order valence-electron chi connectivity index (χ1n) is 24.5. The molecule has 3 rings (SSSR count). The van der Waals surface area contributed by atoms with Gasteiger partial charge in [0.05, 0.1) is 19.1 Å². The Labute approximate surface area is 438 Å². The van der Waals surface area contributed by atoms with Crippen molar-refractivity contribution in [1.29, 1.82) is 0 Å². The summed E-state index contributed by atoms with van der Waals surface area (Å²) < 4.78 is 0. The third-order valence-corrected chi connectivity index (χ3v) is 11.7. The van der Waals surface area contributed by atoms with E-state index in [1.165, 1.54) is 48.5 Å². The third kappa shape index (κ3) is 22.1. The number of phenols is 2. The van der Waals surface area contributed by atoms with Crippen LogP contribution in [0.3, 0.4) is 0 Å². The number of carbonyl (C=O) groups is 10. The summed E-state index contributed by atoms with van der Waals surface area (Å²) in [5.74, 6) is -11.2. The van der Waals surface area contributed by atoms with Crippen LogP contribution >= 0.6 is 0 Å². The monoisotopic (exact) mass is 1060 g/mol. The van der Waals surface area contributed by atoms with Crippen molar-refractivity contribution in [3.8, 4) is 11.5 Å². The molecule has 25 nitrogen and oxygen atoms in total. The van der Waals surface area contributed by atoms with Crippen molar-refractivity contribution >= 4 is 59.2 Å². The first-order chi connectivity index (χ1) is 36.0. The quantitative estimate of drug-likeness (QED) is 0.0289. The lowest BCUT2D eigenvalue weighted by molar-refractivity contribution is -0.143.